The van der Waals surface area contributed by atoms with Gasteiger partial charge < -0.3 is 9.30 Å². The van der Waals surface area contributed by atoms with Crippen molar-refractivity contribution in [2.75, 3.05) is 13.1 Å². The maximum Gasteiger partial charge on any atom is 0.129 e. The Balaban J connectivity index is 1.23. The predicted octanol–water partition coefficient (Wildman–Crippen LogP) is 3.44. The van der Waals surface area contributed by atoms with Gasteiger partial charge in [0.1, 0.15) is 11.9 Å². The van der Waals surface area contributed by atoms with Crippen LogP contribution in [0.2, 0.25) is 0 Å². The van der Waals surface area contributed by atoms with E-state index in [4.69, 9.17) is 9.84 Å². The van der Waals surface area contributed by atoms with E-state index in [9.17, 15) is 0 Å². The maximum absolute atomic E-state index is 6.41. The molecular formula is C22H28N4O. The zero-order chi connectivity index (χ0) is 18.4. The molecule has 1 aromatic carbocycles. The van der Waals surface area contributed by atoms with Crippen molar-refractivity contribution in [1.82, 2.24) is 19.2 Å². The van der Waals surface area contributed by atoms with Gasteiger partial charge in [-0.25, -0.2) is 0 Å². The Hall–Kier alpha value is -2.27. The van der Waals surface area contributed by atoms with E-state index in [2.05, 4.69) is 58.7 Å². The summed E-state index contributed by atoms with van der Waals surface area (Å²) in [5, 5.41) is 5.94. The first-order chi connectivity index (χ1) is 13.2. The minimum absolute atomic E-state index is 0.310. The number of fused-ring (bicyclic) bond motifs is 2. The van der Waals surface area contributed by atoms with Crippen LogP contribution >= 0.6 is 0 Å². The minimum atomic E-state index is 0.310. The second-order valence-electron chi connectivity index (χ2n) is 8.06. The average molecular weight is 364 g/mol. The Morgan fingerprint density at radius 2 is 1.96 bits per heavy atom. The summed E-state index contributed by atoms with van der Waals surface area (Å²) in [6, 6.07) is 8.50. The Morgan fingerprint density at radius 3 is 2.81 bits per heavy atom. The summed E-state index contributed by atoms with van der Waals surface area (Å²) in [4.78, 5) is 2.57. The van der Waals surface area contributed by atoms with E-state index in [0.29, 0.717) is 6.10 Å². The summed E-state index contributed by atoms with van der Waals surface area (Å²) in [6.45, 7) is 3.21. The van der Waals surface area contributed by atoms with Gasteiger partial charge in [0.2, 0.25) is 0 Å². The number of nitrogens with zero attached hydrogens (tertiary/aromatic N) is 4. The van der Waals surface area contributed by atoms with Crippen molar-refractivity contribution in [3.05, 3.63) is 47.4 Å². The zero-order valence-electron chi connectivity index (χ0n) is 16.3. The van der Waals surface area contributed by atoms with Crippen molar-refractivity contribution in [2.24, 2.45) is 14.1 Å². The average Bonchev–Trinajstić information content (AvgIpc) is 3.35. The molecule has 2 aliphatic rings. The Labute approximate surface area is 160 Å². The normalized spacial score (nSPS) is 18.3. The van der Waals surface area contributed by atoms with Crippen LogP contribution < -0.4 is 4.74 Å². The lowest BCUT2D eigenvalue weighted by Gasteiger charge is -2.32. The van der Waals surface area contributed by atoms with Gasteiger partial charge in [-0.05, 0) is 55.9 Å². The monoisotopic (exact) mass is 364 g/mol. The molecule has 0 N–H and O–H groups in total. The fourth-order valence-corrected chi connectivity index (χ4v) is 4.74. The van der Waals surface area contributed by atoms with Crippen molar-refractivity contribution in [2.45, 2.75) is 44.8 Å². The van der Waals surface area contributed by atoms with Gasteiger partial charge in [0.05, 0.1) is 16.9 Å². The van der Waals surface area contributed by atoms with Crippen molar-refractivity contribution in [3.8, 4) is 5.75 Å². The molecule has 0 saturated carbocycles. The third-order valence-corrected chi connectivity index (χ3v) is 6.29. The van der Waals surface area contributed by atoms with Gasteiger partial charge in [-0.2, -0.15) is 5.10 Å². The Kier molecular flexibility index (Phi) is 4.20. The molecule has 1 aliphatic carbocycles. The van der Waals surface area contributed by atoms with Crippen molar-refractivity contribution >= 4 is 10.9 Å². The van der Waals surface area contributed by atoms with E-state index < -0.39 is 0 Å². The van der Waals surface area contributed by atoms with E-state index in [-0.39, 0.29) is 0 Å². The molecule has 0 radical (unpaired) electrons. The number of benzene rings is 1. The largest absolute Gasteiger partial charge is 0.490 e. The van der Waals surface area contributed by atoms with Crippen molar-refractivity contribution in [3.63, 3.8) is 0 Å². The fourth-order valence-electron chi connectivity index (χ4n) is 4.74. The van der Waals surface area contributed by atoms with E-state index in [1.54, 1.807) is 0 Å². The molecule has 5 heteroatoms. The molecule has 0 amide bonds. The molecule has 3 heterocycles. The van der Waals surface area contributed by atoms with Crippen LogP contribution in [0.1, 0.15) is 36.2 Å². The first-order valence-corrected chi connectivity index (χ1v) is 10.2. The lowest BCUT2D eigenvalue weighted by atomic mass is 10.1. The molecule has 1 saturated heterocycles. The molecule has 1 aliphatic heterocycles. The van der Waals surface area contributed by atoms with Gasteiger partial charge >= 0.3 is 0 Å². The van der Waals surface area contributed by atoms with Crippen LogP contribution in [-0.4, -0.2) is 38.4 Å². The molecule has 5 nitrogen and oxygen atoms in total. The first kappa shape index (κ1) is 16.9. The Bertz CT molecular complexity index is 962. The molecular weight excluding hydrogens is 336 g/mol. The van der Waals surface area contributed by atoms with Gasteiger partial charge in [-0.15, -0.1) is 0 Å². The summed E-state index contributed by atoms with van der Waals surface area (Å²) in [7, 11) is 4.18. The number of ether oxygens (including phenoxy) is 1. The second kappa shape index (κ2) is 6.71. The number of piperidine rings is 1. The fraction of sp³-hybridized carbons (Fsp3) is 0.500. The third-order valence-electron chi connectivity index (χ3n) is 6.29. The maximum atomic E-state index is 6.41. The quantitative estimate of drug-likeness (QED) is 0.711. The lowest BCUT2D eigenvalue weighted by molar-refractivity contribution is 0.0965. The summed E-state index contributed by atoms with van der Waals surface area (Å²) >= 11 is 0. The zero-order valence-corrected chi connectivity index (χ0v) is 16.3. The van der Waals surface area contributed by atoms with Crippen molar-refractivity contribution in [1.29, 1.82) is 0 Å². The van der Waals surface area contributed by atoms with Gasteiger partial charge in [0.15, 0.2) is 0 Å². The number of hydrogen-bond donors (Lipinski definition) is 0. The molecule has 2 aromatic heterocycles. The molecule has 0 spiro atoms. The number of hydrogen-bond acceptors (Lipinski definition) is 3. The number of aryl methyl sites for hydroxylation is 3. The van der Waals surface area contributed by atoms with Crippen LogP contribution in [0.15, 0.2) is 30.5 Å². The molecule has 0 atom stereocenters. The number of rotatable bonds is 4. The number of aromatic nitrogens is 3. The highest BCUT2D eigenvalue weighted by Crippen LogP contribution is 2.30. The second-order valence-corrected chi connectivity index (χ2v) is 8.06. The smallest absolute Gasteiger partial charge is 0.129 e. The van der Waals surface area contributed by atoms with Crippen LogP contribution in [0.4, 0.5) is 0 Å². The van der Waals surface area contributed by atoms with E-state index in [1.165, 1.54) is 40.7 Å². The van der Waals surface area contributed by atoms with Gasteiger partial charge in [-0.1, -0.05) is 6.07 Å². The molecule has 5 rings (SSSR count). The topological polar surface area (TPSA) is 35.2 Å². The Morgan fingerprint density at radius 1 is 1.11 bits per heavy atom. The highest BCUT2D eigenvalue weighted by atomic mass is 16.5. The van der Waals surface area contributed by atoms with Crippen LogP contribution in [0.5, 0.6) is 5.75 Å². The standard InChI is InChI=1S/C22H28N4O/c1-24-12-11-18-20(24)7-4-8-22(18)27-16-9-13-26(14-10-16)15-21-17-5-3-6-19(17)23-25(21)2/h4,7-8,11-12,16H,3,5-6,9-10,13-15H2,1-2H3. The SMILES string of the molecule is Cn1nc2c(c1CN1CCC(Oc3cccc4c3ccn4C)CC1)CCC2. The van der Waals surface area contributed by atoms with Gasteiger partial charge in [0.25, 0.3) is 0 Å². The predicted molar refractivity (Wildman–Crippen MR) is 107 cm³/mol. The summed E-state index contributed by atoms with van der Waals surface area (Å²) < 4.78 is 10.7. The lowest BCUT2D eigenvalue weighted by Crippen LogP contribution is -2.38. The number of likely N-dealkylation sites (tertiary alicyclic amines) is 1. The van der Waals surface area contributed by atoms with Crippen LogP contribution in [0.3, 0.4) is 0 Å². The van der Waals surface area contributed by atoms with Crippen molar-refractivity contribution < 1.29 is 4.74 Å². The van der Waals surface area contributed by atoms with E-state index in [1.807, 2.05) is 0 Å². The third kappa shape index (κ3) is 3.04. The van der Waals surface area contributed by atoms with Crippen LogP contribution in [-0.2, 0) is 33.5 Å². The first-order valence-electron chi connectivity index (χ1n) is 10.2. The molecule has 0 bridgehead atoms. The summed E-state index contributed by atoms with van der Waals surface area (Å²) in [5.74, 6) is 1.02. The van der Waals surface area contributed by atoms with Gasteiger partial charge in [0, 0.05) is 45.3 Å². The van der Waals surface area contributed by atoms with Gasteiger partial charge in [-0.3, -0.25) is 9.58 Å². The minimum Gasteiger partial charge on any atom is -0.490 e. The van der Waals surface area contributed by atoms with Crippen LogP contribution in [0, 0.1) is 0 Å². The highest BCUT2D eigenvalue weighted by molar-refractivity contribution is 5.86. The molecule has 142 valence electrons. The van der Waals surface area contributed by atoms with E-state index in [0.717, 1.165) is 44.6 Å². The molecule has 27 heavy (non-hydrogen) atoms. The molecule has 0 unspecified atom stereocenters. The molecule has 3 aromatic rings. The highest BCUT2D eigenvalue weighted by Gasteiger charge is 2.25. The summed E-state index contributed by atoms with van der Waals surface area (Å²) in [5.41, 5.74) is 5.51. The van der Waals surface area contributed by atoms with E-state index >= 15 is 0 Å². The molecule has 1 fully saturated rings. The van der Waals surface area contributed by atoms with Crippen LogP contribution in [0.25, 0.3) is 10.9 Å². The summed E-state index contributed by atoms with van der Waals surface area (Å²) in [6.07, 6.45) is 8.22.